The molecule has 0 aliphatic carbocycles. The van der Waals surface area contributed by atoms with E-state index in [1.165, 1.54) is 0 Å². The number of allylic oxidation sites excluding steroid dienone is 1. The fourth-order valence-electron chi connectivity index (χ4n) is 5.03. The average molecular weight is 594 g/mol. The van der Waals surface area contributed by atoms with Gasteiger partial charge in [-0.2, -0.15) is 0 Å². The van der Waals surface area contributed by atoms with E-state index in [2.05, 4.69) is 0 Å². The minimum Gasteiger partial charge on any atom is -0.451 e. The van der Waals surface area contributed by atoms with Crippen LogP contribution < -0.4 is 0 Å². The van der Waals surface area contributed by atoms with Crippen molar-refractivity contribution < 1.29 is 43.3 Å². The van der Waals surface area contributed by atoms with E-state index in [1.54, 1.807) is 49.4 Å². The van der Waals surface area contributed by atoms with Crippen molar-refractivity contribution >= 4 is 35.1 Å². The number of nitrogens with zero attached hydrogens (tertiary/aromatic N) is 1. The van der Waals surface area contributed by atoms with Crippen molar-refractivity contribution in [1.29, 1.82) is 0 Å². The van der Waals surface area contributed by atoms with Crippen LogP contribution in [0.5, 0.6) is 0 Å². The molecule has 1 aliphatic heterocycles. The van der Waals surface area contributed by atoms with E-state index in [4.69, 9.17) is 19.3 Å². The highest BCUT2D eigenvalue weighted by atomic mass is 16.6. The van der Waals surface area contributed by atoms with Gasteiger partial charge in [-0.1, -0.05) is 73.0 Å². The molecule has 0 saturated carbocycles. The molecular weight excluding hydrogens is 554 g/mol. The number of rotatable bonds is 15. The summed E-state index contributed by atoms with van der Waals surface area (Å²) in [6.07, 6.45) is -1.22. The van der Waals surface area contributed by atoms with Gasteiger partial charge in [-0.15, -0.1) is 0 Å². The van der Waals surface area contributed by atoms with Gasteiger partial charge in [0.1, 0.15) is 6.10 Å². The van der Waals surface area contributed by atoms with Crippen LogP contribution in [0, 0.1) is 6.92 Å². The Labute approximate surface area is 251 Å². The number of ketones is 2. The predicted octanol–water partition coefficient (Wildman–Crippen LogP) is 4.51. The number of unbranched alkanes of at least 4 members (excludes halogenated alkanes) is 3. The first-order chi connectivity index (χ1) is 20.6. The zero-order chi connectivity index (χ0) is 31.5. The van der Waals surface area contributed by atoms with Gasteiger partial charge < -0.3 is 19.3 Å². The normalized spacial score (nSPS) is 18.1. The van der Waals surface area contributed by atoms with E-state index in [1.807, 2.05) is 19.1 Å². The summed E-state index contributed by atoms with van der Waals surface area (Å²) in [6, 6.07) is 15.2. The molecule has 1 N–H and O–H groups in total. The minimum atomic E-state index is -1.78. The number of carbonyl (C=O) groups is 5. The molecule has 0 unspecified atom stereocenters. The van der Waals surface area contributed by atoms with Crippen molar-refractivity contribution in [3.05, 3.63) is 77.4 Å². The highest BCUT2D eigenvalue weighted by Crippen LogP contribution is 2.33. The summed E-state index contributed by atoms with van der Waals surface area (Å²) < 4.78 is 16.2. The van der Waals surface area contributed by atoms with Gasteiger partial charge in [0.25, 0.3) is 5.91 Å². The molecule has 10 heteroatoms. The summed E-state index contributed by atoms with van der Waals surface area (Å²) in [4.78, 5) is 66.6. The van der Waals surface area contributed by atoms with Crippen LogP contribution in [0.4, 0.5) is 4.79 Å². The highest BCUT2D eigenvalue weighted by Gasteiger charge is 2.48. The zero-order valence-corrected chi connectivity index (χ0v) is 25.0. The number of aliphatic hydroxyl groups is 1. The van der Waals surface area contributed by atoms with E-state index in [9.17, 15) is 24.0 Å². The Hall–Kier alpha value is -4.15. The smallest absolute Gasteiger partial charge is 0.417 e. The molecule has 2 aromatic rings. The molecule has 0 spiro atoms. The number of amides is 2. The molecule has 0 bridgehead atoms. The Kier molecular flexibility index (Phi) is 12.3. The number of esters is 1. The van der Waals surface area contributed by atoms with Gasteiger partial charge >= 0.3 is 12.1 Å². The SMILES string of the molecule is CO[C@@H](C(=O)N1C(=O)O[C@@H](c2ccccc2)[C@H]1C)[C@@H](OC(C)=O)C(=O)C=C(C(=O)CCCCCCO)c1cccc(C)c1. The zero-order valence-electron chi connectivity index (χ0n) is 25.0. The second kappa shape index (κ2) is 15.9. The van der Waals surface area contributed by atoms with Crippen molar-refractivity contribution in [3.8, 4) is 0 Å². The van der Waals surface area contributed by atoms with E-state index in [-0.39, 0.29) is 24.4 Å². The first-order valence-corrected chi connectivity index (χ1v) is 14.3. The van der Waals surface area contributed by atoms with Gasteiger partial charge in [0.2, 0.25) is 0 Å². The third-order valence-corrected chi connectivity index (χ3v) is 7.21. The number of Topliss-reactive ketones (excluding diaryl/α,β-unsaturated/α-hetero) is 1. The Morgan fingerprint density at radius 1 is 1.00 bits per heavy atom. The van der Waals surface area contributed by atoms with E-state index < -0.39 is 48.1 Å². The van der Waals surface area contributed by atoms with E-state index >= 15 is 0 Å². The second-order valence-electron chi connectivity index (χ2n) is 10.5. The summed E-state index contributed by atoms with van der Waals surface area (Å²) in [5, 5.41) is 9.01. The highest BCUT2D eigenvalue weighted by molar-refractivity contribution is 6.25. The first kappa shape index (κ1) is 33.4. The topological polar surface area (TPSA) is 137 Å². The van der Waals surface area contributed by atoms with Crippen molar-refractivity contribution in [1.82, 2.24) is 4.90 Å². The van der Waals surface area contributed by atoms with Crippen molar-refractivity contribution in [3.63, 3.8) is 0 Å². The van der Waals surface area contributed by atoms with Gasteiger partial charge in [-0.05, 0) is 43.9 Å². The second-order valence-corrected chi connectivity index (χ2v) is 10.5. The molecule has 1 heterocycles. The van der Waals surface area contributed by atoms with Crippen molar-refractivity contribution in [2.24, 2.45) is 0 Å². The first-order valence-electron chi connectivity index (χ1n) is 14.3. The number of carbonyl (C=O) groups excluding carboxylic acids is 5. The number of hydrogen-bond acceptors (Lipinski definition) is 9. The summed E-state index contributed by atoms with van der Waals surface area (Å²) in [6.45, 7) is 4.64. The lowest BCUT2D eigenvalue weighted by Crippen LogP contribution is -2.52. The number of aliphatic hydroxyl groups excluding tert-OH is 1. The van der Waals surface area contributed by atoms with Gasteiger partial charge in [0, 0.05) is 32.6 Å². The van der Waals surface area contributed by atoms with Crippen molar-refractivity contribution in [2.45, 2.75) is 77.2 Å². The van der Waals surface area contributed by atoms with Crippen LogP contribution in [0.15, 0.2) is 60.7 Å². The monoisotopic (exact) mass is 593 g/mol. The molecule has 230 valence electrons. The van der Waals surface area contributed by atoms with Crippen LogP contribution in [-0.2, 0) is 33.4 Å². The Morgan fingerprint density at radius 3 is 2.33 bits per heavy atom. The van der Waals surface area contributed by atoms with Crippen molar-refractivity contribution in [2.75, 3.05) is 13.7 Å². The summed E-state index contributed by atoms with van der Waals surface area (Å²) in [5.74, 6) is -2.92. The van der Waals surface area contributed by atoms with Crippen LogP contribution in [0.3, 0.4) is 0 Å². The maximum Gasteiger partial charge on any atom is 0.417 e. The van der Waals surface area contributed by atoms with Crippen LogP contribution in [0.25, 0.3) is 5.57 Å². The molecule has 4 atom stereocenters. The molecule has 0 radical (unpaired) electrons. The lowest BCUT2D eigenvalue weighted by molar-refractivity contribution is -0.166. The largest absolute Gasteiger partial charge is 0.451 e. The van der Waals surface area contributed by atoms with Gasteiger partial charge in [-0.25, -0.2) is 9.69 Å². The van der Waals surface area contributed by atoms with Gasteiger partial charge in [0.15, 0.2) is 23.8 Å². The third kappa shape index (κ3) is 8.68. The molecule has 1 saturated heterocycles. The Morgan fingerprint density at radius 2 is 1.70 bits per heavy atom. The van der Waals surface area contributed by atoms with Gasteiger partial charge in [-0.3, -0.25) is 19.2 Å². The van der Waals surface area contributed by atoms with Crippen LogP contribution in [0.1, 0.15) is 68.7 Å². The maximum absolute atomic E-state index is 13.7. The number of aryl methyl sites for hydroxylation is 1. The number of benzene rings is 2. The lowest BCUT2D eigenvalue weighted by Gasteiger charge is -2.27. The molecule has 3 rings (SSSR count). The summed E-state index contributed by atoms with van der Waals surface area (Å²) in [7, 11) is 1.16. The fourth-order valence-corrected chi connectivity index (χ4v) is 5.03. The third-order valence-electron chi connectivity index (χ3n) is 7.21. The number of hydrogen-bond donors (Lipinski definition) is 1. The molecule has 10 nitrogen and oxygen atoms in total. The predicted molar refractivity (Wildman–Crippen MR) is 158 cm³/mol. The molecule has 0 aromatic heterocycles. The number of methoxy groups -OCH3 is 1. The summed E-state index contributed by atoms with van der Waals surface area (Å²) in [5.41, 5.74) is 2.15. The number of imide groups is 1. The molecule has 1 fully saturated rings. The number of ether oxygens (including phenoxy) is 3. The van der Waals surface area contributed by atoms with E-state index in [0.29, 0.717) is 24.0 Å². The fraction of sp³-hybridized carbons (Fsp3) is 0.424. The number of cyclic esters (lactones) is 1. The lowest BCUT2D eigenvalue weighted by atomic mass is 9.94. The minimum absolute atomic E-state index is 0.0780. The summed E-state index contributed by atoms with van der Waals surface area (Å²) >= 11 is 0. The average Bonchev–Trinajstić information content (AvgIpc) is 3.28. The maximum atomic E-state index is 13.7. The molecule has 2 aromatic carbocycles. The molecule has 2 amide bonds. The Balaban J connectivity index is 1.93. The molecular formula is C33H39NO9. The molecule has 43 heavy (non-hydrogen) atoms. The van der Waals surface area contributed by atoms with Crippen LogP contribution in [-0.4, -0.2) is 71.5 Å². The quantitative estimate of drug-likeness (QED) is 0.180. The Bertz CT molecular complexity index is 1340. The van der Waals surface area contributed by atoms with Crippen LogP contribution >= 0.6 is 0 Å². The molecule has 1 aliphatic rings. The van der Waals surface area contributed by atoms with E-state index in [0.717, 1.165) is 43.4 Å². The van der Waals surface area contributed by atoms with Gasteiger partial charge in [0.05, 0.1) is 6.04 Å². The standard InChI is InChI=1S/C33H39NO9/c1-21-13-12-16-25(19-21)26(27(37)17-10-5-6-11-18-35)20-28(38)30(42-23(3)36)31(41-4)32(39)34-22(2)29(43-33(34)40)24-14-8-7-9-15-24/h7-9,12-16,19-20,22,29-31,35H,5-6,10-11,17-18H2,1-4H3/t22-,29-,30+,31-/m1/s1. The van der Waals surface area contributed by atoms with Crippen LogP contribution in [0.2, 0.25) is 0 Å².